The minimum Gasteiger partial charge on any atom is -0.289 e. The molecule has 24 heavy (non-hydrogen) atoms. The minimum absolute atomic E-state index is 0.0627. The summed E-state index contributed by atoms with van der Waals surface area (Å²) in [5.41, 5.74) is 3.82. The number of aryl methyl sites for hydroxylation is 2. The Balaban J connectivity index is 2.09. The second-order valence-electron chi connectivity index (χ2n) is 5.73. The highest BCUT2D eigenvalue weighted by Gasteiger charge is 2.34. The number of fused-ring (bicyclic) bond motifs is 1. The van der Waals surface area contributed by atoms with Crippen LogP contribution in [-0.4, -0.2) is 11.6 Å². The fourth-order valence-corrected chi connectivity index (χ4v) is 4.59. The Morgan fingerprint density at radius 2 is 1.04 bits per heavy atom. The van der Waals surface area contributed by atoms with Crippen molar-refractivity contribution in [3.8, 4) is 0 Å². The first-order valence-electron chi connectivity index (χ1n) is 7.61. The monoisotopic (exact) mass is 350 g/mol. The molecule has 0 fully saturated rings. The van der Waals surface area contributed by atoms with Gasteiger partial charge in [0, 0.05) is 32.0 Å². The molecular formula is C20H14O2S2. The summed E-state index contributed by atoms with van der Waals surface area (Å²) in [6.45, 7) is 3.98. The summed E-state index contributed by atoms with van der Waals surface area (Å²) in [7, 11) is 0. The lowest BCUT2D eigenvalue weighted by atomic mass is 9.79. The van der Waals surface area contributed by atoms with Crippen LogP contribution in [0.1, 0.15) is 41.6 Å². The highest BCUT2D eigenvalue weighted by atomic mass is 32.1. The maximum absolute atomic E-state index is 13.2. The molecule has 0 bridgehead atoms. The van der Waals surface area contributed by atoms with Crippen molar-refractivity contribution in [2.24, 2.45) is 0 Å². The molecule has 1 aromatic carbocycles. The zero-order valence-corrected chi connectivity index (χ0v) is 14.9. The molecule has 4 rings (SSSR count). The molecule has 1 aliphatic carbocycles. The first kappa shape index (κ1) is 15.2. The zero-order valence-electron chi connectivity index (χ0n) is 13.3. The average molecular weight is 350 g/mol. The summed E-state index contributed by atoms with van der Waals surface area (Å²) in [6.07, 6.45) is 0. The molecule has 0 saturated heterocycles. The summed E-state index contributed by atoms with van der Waals surface area (Å²) in [5.74, 6) is -0.125. The van der Waals surface area contributed by atoms with Crippen molar-refractivity contribution in [1.29, 1.82) is 0 Å². The number of benzene rings is 1. The predicted octanol–water partition coefficient (Wildman–Crippen LogP) is 5.42. The molecule has 0 aliphatic heterocycles. The number of rotatable bonds is 2. The van der Waals surface area contributed by atoms with Gasteiger partial charge in [-0.1, -0.05) is 24.3 Å². The Labute approximate surface area is 148 Å². The van der Waals surface area contributed by atoms with Gasteiger partial charge in [0.1, 0.15) is 0 Å². The van der Waals surface area contributed by atoms with Gasteiger partial charge in [-0.05, 0) is 47.9 Å². The van der Waals surface area contributed by atoms with Crippen LogP contribution in [0.5, 0.6) is 0 Å². The zero-order chi connectivity index (χ0) is 16.8. The van der Waals surface area contributed by atoms with Crippen LogP contribution in [0.2, 0.25) is 0 Å². The van der Waals surface area contributed by atoms with E-state index in [4.69, 9.17) is 0 Å². The van der Waals surface area contributed by atoms with Crippen molar-refractivity contribution in [1.82, 2.24) is 0 Å². The molecule has 0 saturated carbocycles. The standard InChI is InChI=1S/C20H14O2S2/c1-11-13(7-9-23-11)17-18(14-8-10-24-12(14)2)20(22)16-6-4-3-5-15(16)19(17)21/h3-10H,1-2H3. The van der Waals surface area contributed by atoms with Gasteiger partial charge in [-0.25, -0.2) is 0 Å². The molecule has 2 heterocycles. The van der Waals surface area contributed by atoms with Crippen LogP contribution in [0.25, 0.3) is 11.1 Å². The van der Waals surface area contributed by atoms with E-state index in [2.05, 4.69) is 0 Å². The third-order valence-corrected chi connectivity index (χ3v) is 6.07. The second-order valence-corrected chi connectivity index (χ2v) is 7.98. The number of carbonyl (C=O) groups is 2. The normalized spacial score (nSPS) is 14.2. The molecule has 0 spiro atoms. The van der Waals surface area contributed by atoms with E-state index in [1.54, 1.807) is 34.8 Å². The summed E-state index contributed by atoms with van der Waals surface area (Å²) >= 11 is 3.18. The van der Waals surface area contributed by atoms with Crippen LogP contribution in [0, 0.1) is 13.8 Å². The highest BCUT2D eigenvalue weighted by Crippen LogP contribution is 2.41. The molecule has 1 aliphatic rings. The van der Waals surface area contributed by atoms with Crippen molar-refractivity contribution >= 4 is 45.4 Å². The topological polar surface area (TPSA) is 34.1 Å². The van der Waals surface area contributed by atoms with Crippen molar-refractivity contribution in [3.63, 3.8) is 0 Å². The van der Waals surface area contributed by atoms with Gasteiger partial charge >= 0.3 is 0 Å². The molecule has 0 radical (unpaired) electrons. The molecule has 4 heteroatoms. The Bertz CT molecular complexity index is 936. The molecule has 0 unspecified atom stereocenters. The molecule has 0 N–H and O–H groups in total. The van der Waals surface area contributed by atoms with Gasteiger partial charge in [0.15, 0.2) is 11.6 Å². The Morgan fingerprint density at radius 3 is 1.38 bits per heavy atom. The summed E-state index contributed by atoms with van der Waals surface area (Å²) < 4.78 is 0. The Kier molecular flexibility index (Phi) is 3.59. The third-order valence-electron chi connectivity index (χ3n) is 4.38. The van der Waals surface area contributed by atoms with Crippen LogP contribution in [0.15, 0.2) is 47.2 Å². The van der Waals surface area contributed by atoms with Gasteiger partial charge in [-0.2, -0.15) is 0 Å². The second kappa shape index (κ2) is 5.65. The van der Waals surface area contributed by atoms with Gasteiger partial charge in [0.05, 0.1) is 0 Å². The van der Waals surface area contributed by atoms with Crippen LogP contribution >= 0.6 is 22.7 Å². The van der Waals surface area contributed by atoms with Crippen LogP contribution in [0.3, 0.4) is 0 Å². The van der Waals surface area contributed by atoms with Gasteiger partial charge in [0.2, 0.25) is 0 Å². The number of ketones is 2. The van der Waals surface area contributed by atoms with Gasteiger partial charge in [-0.3, -0.25) is 9.59 Å². The van der Waals surface area contributed by atoms with E-state index in [1.807, 2.05) is 48.9 Å². The fourth-order valence-electron chi connectivity index (χ4n) is 3.18. The van der Waals surface area contributed by atoms with E-state index < -0.39 is 0 Å². The van der Waals surface area contributed by atoms with Gasteiger partial charge < -0.3 is 0 Å². The maximum atomic E-state index is 13.2. The average Bonchev–Trinajstić information content (AvgIpc) is 3.19. The fraction of sp³-hybridized carbons (Fsp3) is 0.100. The maximum Gasteiger partial charge on any atom is 0.195 e. The predicted molar refractivity (Wildman–Crippen MR) is 100 cm³/mol. The summed E-state index contributed by atoms with van der Waals surface area (Å²) in [6, 6.07) is 11.0. The Hall–Kier alpha value is -2.30. The van der Waals surface area contributed by atoms with Crippen molar-refractivity contribution in [3.05, 3.63) is 79.2 Å². The molecular weight excluding hydrogens is 336 g/mol. The highest BCUT2D eigenvalue weighted by molar-refractivity contribution is 7.10. The quantitative estimate of drug-likeness (QED) is 0.619. The molecule has 2 aromatic heterocycles. The van der Waals surface area contributed by atoms with Gasteiger partial charge in [-0.15, -0.1) is 22.7 Å². The van der Waals surface area contributed by atoms with Crippen molar-refractivity contribution in [2.75, 3.05) is 0 Å². The van der Waals surface area contributed by atoms with Crippen LogP contribution < -0.4 is 0 Å². The molecule has 0 atom stereocenters. The number of carbonyl (C=O) groups excluding carboxylic acids is 2. The van der Waals surface area contributed by atoms with E-state index in [9.17, 15) is 9.59 Å². The number of hydrogen-bond acceptors (Lipinski definition) is 4. The first-order valence-corrected chi connectivity index (χ1v) is 9.37. The van der Waals surface area contributed by atoms with E-state index in [1.165, 1.54) is 0 Å². The third kappa shape index (κ3) is 2.14. The lowest BCUT2D eigenvalue weighted by Crippen LogP contribution is -2.20. The summed E-state index contributed by atoms with van der Waals surface area (Å²) in [5, 5.41) is 3.93. The van der Waals surface area contributed by atoms with Crippen LogP contribution in [-0.2, 0) is 0 Å². The van der Waals surface area contributed by atoms with Crippen molar-refractivity contribution in [2.45, 2.75) is 13.8 Å². The van der Waals surface area contributed by atoms with E-state index in [0.717, 1.165) is 20.9 Å². The number of thiophene rings is 2. The van der Waals surface area contributed by atoms with Crippen LogP contribution in [0.4, 0.5) is 0 Å². The van der Waals surface area contributed by atoms with Crippen molar-refractivity contribution < 1.29 is 9.59 Å². The lowest BCUT2D eigenvalue weighted by Gasteiger charge is -2.21. The molecule has 0 amide bonds. The SMILES string of the molecule is Cc1sccc1C1=C(c2ccsc2C)C(=O)c2ccccc2C1=O. The van der Waals surface area contributed by atoms with E-state index in [0.29, 0.717) is 22.3 Å². The molecule has 2 nitrogen and oxygen atoms in total. The van der Waals surface area contributed by atoms with Gasteiger partial charge in [0.25, 0.3) is 0 Å². The number of Topliss-reactive ketones (excluding diaryl/α,β-unsaturated/α-hetero) is 2. The summed E-state index contributed by atoms with van der Waals surface area (Å²) in [4.78, 5) is 28.6. The molecule has 3 aromatic rings. The number of hydrogen-bond donors (Lipinski definition) is 0. The molecule has 118 valence electrons. The smallest absolute Gasteiger partial charge is 0.195 e. The largest absolute Gasteiger partial charge is 0.289 e. The minimum atomic E-state index is -0.0627. The number of allylic oxidation sites excluding steroid dienone is 2. The Morgan fingerprint density at radius 1 is 0.625 bits per heavy atom. The van der Waals surface area contributed by atoms with E-state index in [-0.39, 0.29) is 11.6 Å². The lowest BCUT2D eigenvalue weighted by molar-refractivity contribution is 0.101. The first-order chi connectivity index (χ1) is 11.6. The van der Waals surface area contributed by atoms with E-state index >= 15 is 0 Å².